The van der Waals surface area contributed by atoms with E-state index in [1.54, 1.807) is 0 Å². The van der Waals surface area contributed by atoms with Gasteiger partial charge in [0.05, 0.1) is 12.2 Å². The van der Waals surface area contributed by atoms with Gasteiger partial charge in [-0.3, -0.25) is 0 Å². The van der Waals surface area contributed by atoms with Crippen molar-refractivity contribution in [3.8, 4) is 6.07 Å². The molecule has 0 fully saturated rings. The Bertz CT molecular complexity index is 311. The van der Waals surface area contributed by atoms with E-state index in [1.807, 2.05) is 36.4 Å². The molecule has 2 nitrogen and oxygen atoms in total. The Kier molecular flexibility index (Phi) is 3.74. The second-order valence-corrected chi connectivity index (χ2v) is 2.75. The van der Waals surface area contributed by atoms with E-state index >= 15 is 0 Å². The summed E-state index contributed by atoms with van der Waals surface area (Å²) < 4.78 is 0. The van der Waals surface area contributed by atoms with Gasteiger partial charge in [-0.25, -0.2) is 0 Å². The summed E-state index contributed by atoms with van der Waals surface area (Å²) in [5, 5.41) is 17.6. The molecule has 1 unspecified atom stereocenters. The lowest BCUT2D eigenvalue weighted by atomic mass is 10.1. The van der Waals surface area contributed by atoms with E-state index < -0.39 is 6.10 Å². The molecule has 0 amide bonds. The number of benzene rings is 1. The van der Waals surface area contributed by atoms with Crippen LogP contribution in [0.2, 0.25) is 0 Å². The van der Waals surface area contributed by atoms with Crippen LogP contribution in [0.25, 0.3) is 0 Å². The smallest absolute Gasteiger partial charge is 0.0909 e. The second-order valence-electron chi connectivity index (χ2n) is 2.75. The minimum absolute atomic E-state index is 0.555. The van der Waals surface area contributed by atoms with Crippen LogP contribution >= 0.6 is 0 Å². The lowest BCUT2D eigenvalue weighted by molar-refractivity contribution is 0.224. The first-order valence-corrected chi connectivity index (χ1v) is 4.11. The topological polar surface area (TPSA) is 44.0 Å². The van der Waals surface area contributed by atoms with Crippen molar-refractivity contribution in [2.24, 2.45) is 0 Å². The molecule has 0 aromatic heterocycles. The van der Waals surface area contributed by atoms with Crippen molar-refractivity contribution in [2.75, 3.05) is 0 Å². The van der Waals surface area contributed by atoms with E-state index in [-0.39, 0.29) is 0 Å². The van der Waals surface area contributed by atoms with E-state index in [2.05, 4.69) is 0 Å². The molecule has 1 aromatic rings. The van der Waals surface area contributed by atoms with Gasteiger partial charge in [0.25, 0.3) is 0 Å². The lowest BCUT2D eigenvalue weighted by Crippen LogP contribution is -2.05. The van der Waals surface area contributed by atoms with Gasteiger partial charge in [-0.15, -0.1) is 0 Å². The largest absolute Gasteiger partial charge is 0.389 e. The van der Waals surface area contributed by atoms with Crippen molar-refractivity contribution in [2.45, 2.75) is 12.5 Å². The number of allylic oxidation sites excluding steroid dienone is 1. The van der Waals surface area contributed by atoms with Crippen LogP contribution in [-0.4, -0.2) is 11.2 Å². The highest BCUT2D eigenvalue weighted by Crippen LogP contribution is 2.03. The average molecular weight is 173 g/mol. The number of nitriles is 1. The van der Waals surface area contributed by atoms with Crippen LogP contribution in [0.4, 0.5) is 0 Å². The molecule has 0 aliphatic carbocycles. The predicted molar refractivity (Wildman–Crippen MR) is 50.9 cm³/mol. The number of nitrogens with zero attached hydrogens (tertiary/aromatic N) is 1. The van der Waals surface area contributed by atoms with Crippen LogP contribution in [0.3, 0.4) is 0 Å². The first kappa shape index (κ1) is 9.50. The van der Waals surface area contributed by atoms with Gasteiger partial charge in [0.2, 0.25) is 0 Å². The summed E-state index contributed by atoms with van der Waals surface area (Å²) in [5.41, 5.74) is 1.07. The van der Waals surface area contributed by atoms with Crippen LogP contribution in [0, 0.1) is 11.3 Å². The molecule has 0 heterocycles. The van der Waals surface area contributed by atoms with Crippen LogP contribution < -0.4 is 0 Å². The zero-order chi connectivity index (χ0) is 9.52. The van der Waals surface area contributed by atoms with Crippen molar-refractivity contribution < 1.29 is 5.11 Å². The maximum Gasteiger partial charge on any atom is 0.0909 e. The molecule has 0 radical (unpaired) electrons. The van der Waals surface area contributed by atoms with Gasteiger partial charge in [0, 0.05) is 12.5 Å². The van der Waals surface area contributed by atoms with E-state index in [4.69, 9.17) is 5.26 Å². The molecular formula is C11H11NO. The SMILES string of the molecule is N#C/C=C/C(O)Cc1ccccc1. The van der Waals surface area contributed by atoms with Gasteiger partial charge in [0.15, 0.2) is 0 Å². The fraction of sp³-hybridized carbons (Fsp3) is 0.182. The van der Waals surface area contributed by atoms with Gasteiger partial charge in [-0.2, -0.15) is 5.26 Å². The summed E-state index contributed by atoms with van der Waals surface area (Å²) in [7, 11) is 0. The summed E-state index contributed by atoms with van der Waals surface area (Å²) in [4.78, 5) is 0. The Balaban J connectivity index is 2.51. The molecule has 0 saturated carbocycles. The molecule has 13 heavy (non-hydrogen) atoms. The fourth-order valence-corrected chi connectivity index (χ4v) is 1.08. The quantitative estimate of drug-likeness (QED) is 0.706. The third-order valence-electron chi connectivity index (χ3n) is 1.68. The predicted octanol–water partition coefficient (Wildman–Crippen LogP) is 1.67. The van der Waals surface area contributed by atoms with E-state index in [0.29, 0.717) is 6.42 Å². The monoisotopic (exact) mass is 173 g/mol. The minimum atomic E-state index is -0.568. The maximum atomic E-state index is 9.40. The Morgan fingerprint density at radius 3 is 2.69 bits per heavy atom. The van der Waals surface area contributed by atoms with Crippen LogP contribution in [-0.2, 0) is 6.42 Å². The average Bonchev–Trinajstić information content (AvgIpc) is 2.16. The summed E-state index contributed by atoms with van der Waals surface area (Å²) in [6.07, 6.45) is 2.78. The number of aliphatic hydroxyl groups is 1. The second kappa shape index (κ2) is 5.13. The summed E-state index contributed by atoms with van der Waals surface area (Å²) in [6.45, 7) is 0. The van der Waals surface area contributed by atoms with Crippen molar-refractivity contribution >= 4 is 0 Å². The molecule has 1 N–H and O–H groups in total. The molecule has 0 bridgehead atoms. The molecule has 0 saturated heterocycles. The van der Waals surface area contributed by atoms with Gasteiger partial charge in [-0.1, -0.05) is 30.3 Å². The number of hydrogen-bond donors (Lipinski definition) is 1. The van der Waals surface area contributed by atoms with E-state index in [1.165, 1.54) is 12.2 Å². The molecule has 0 aliphatic rings. The minimum Gasteiger partial charge on any atom is -0.389 e. The third kappa shape index (κ3) is 3.55. The number of aliphatic hydroxyl groups excluding tert-OH is 1. The Labute approximate surface area is 77.8 Å². The zero-order valence-corrected chi connectivity index (χ0v) is 7.22. The molecule has 0 spiro atoms. The standard InChI is InChI=1S/C11H11NO/c12-8-4-7-11(13)9-10-5-2-1-3-6-10/h1-7,11,13H,9H2/b7-4+. The van der Waals surface area contributed by atoms with Gasteiger partial charge in [0.1, 0.15) is 0 Å². The molecular weight excluding hydrogens is 162 g/mol. The Hall–Kier alpha value is -1.59. The highest BCUT2D eigenvalue weighted by molar-refractivity contribution is 5.17. The van der Waals surface area contributed by atoms with Gasteiger partial charge >= 0.3 is 0 Å². The highest BCUT2D eigenvalue weighted by atomic mass is 16.3. The first-order chi connectivity index (χ1) is 6.33. The number of rotatable bonds is 3. The molecule has 66 valence electrons. The van der Waals surface area contributed by atoms with E-state index in [0.717, 1.165) is 5.56 Å². The van der Waals surface area contributed by atoms with Crippen molar-refractivity contribution in [3.63, 3.8) is 0 Å². The van der Waals surface area contributed by atoms with Gasteiger partial charge in [-0.05, 0) is 11.6 Å². The molecule has 0 aliphatic heterocycles. The fourth-order valence-electron chi connectivity index (χ4n) is 1.08. The van der Waals surface area contributed by atoms with Crippen LogP contribution in [0.5, 0.6) is 0 Å². The highest BCUT2D eigenvalue weighted by Gasteiger charge is 1.99. The van der Waals surface area contributed by atoms with Gasteiger partial charge < -0.3 is 5.11 Å². The maximum absolute atomic E-state index is 9.40. The normalized spacial score (nSPS) is 12.6. The summed E-state index contributed by atoms with van der Waals surface area (Å²) in [6, 6.07) is 11.5. The van der Waals surface area contributed by atoms with Crippen molar-refractivity contribution in [1.82, 2.24) is 0 Å². The number of hydrogen-bond acceptors (Lipinski definition) is 2. The Morgan fingerprint density at radius 2 is 2.08 bits per heavy atom. The Morgan fingerprint density at radius 1 is 1.38 bits per heavy atom. The molecule has 1 atom stereocenters. The molecule has 2 heteroatoms. The summed E-state index contributed by atoms with van der Waals surface area (Å²) >= 11 is 0. The van der Waals surface area contributed by atoms with Crippen LogP contribution in [0.1, 0.15) is 5.56 Å². The third-order valence-corrected chi connectivity index (χ3v) is 1.68. The van der Waals surface area contributed by atoms with Crippen LogP contribution in [0.15, 0.2) is 42.5 Å². The summed E-state index contributed by atoms with van der Waals surface area (Å²) in [5.74, 6) is 0. The van der Waals surface area contributed by atoms with Crippen molar-refractivity contribution in [3.05, 3.63) is 48.0 Å². The first-order valence-electron chi connectivity index (χ1n) is 4.11. The molecule has 1 rings (SSSR count). The van der Waals surface area contributed by atoms with Crippen molar-refractivity contribution in [1.29, 1.82) is 5.26 Å². The zero-order valence-electron chi connectivity index (χ0n) is 7.22. The van der Waals surface area contributed by atoms with E-state index in [9.17, 15) is 5.11 Å². The molecule has 1 aromatic carbocycles. The lowest BCUT2D eigenvalue weighted by Gasteiger charge is -2.03.